The van der Waals surface area contributed by atoms with Gasteiger partial charge >= 0.3 is 0 Å². The predicted molar refractivity (Wildman–Crippen MR) is 113 cm³/mol. The van der Waals surface area contributed by atoms with Gasteiger partial charge in [0.25, 0.3) is 0 Å². The Hall–Kier alpha value is -1.87. The van der Waals surface area contributed by atoms with Crippen LogP contribution in [0.25, 0.3) is 12.2 Å². The molecule has 1 aliphatic rings. The lowest BCUT2D eigenvalue weighted by atomic mass is 10.1. The first kappa shape index (κ1) is 20.4. The van der Waals surface area contributed by atoms with E-state index in [1.54, 1.807) is 36.4 Å². The molecule has 0 unspecified atom stereocenters. The molecular weight excluding hydrogens is 365 g/mol. The maximum Gasteiger partial charge on any atom is 0.178 e. The molecule has 136 valence electrons. The topological polar surface area (TPSA) is 20.3 Å². The molecular formula is C22H23Cl2NO. The quantitative estimate of drug-likeness (QED) is 0.599. The molecule has 0 radical (unpaired) electrons. The Morgan fingerprint density at radius 3 is 1.50 bits per heavy atom. The van der Waals surface area contributed by atoms with Crippen LogP contribution < -0.4 is 0 Å². The van der Waals surface area contributed by atoms with Crippen molar-refractivity contribution in [1.82, 2.24) is 4.90 Å². The lowest BCUT2D eigenvalue weighted by Crippen LogP contribution is -2.10. The van der Waals surface area contributed by atoms with Crippen LogP contribution in [0.3, 0.4) is 0 Å². The van der Waals surface area contributed by atoms with Crippen LogP contribution in [0, 0.1) is 0 Å². The number of hydrogen-bond acceptors (Lipinski definition) is 2. The van der Waals surface area contributed by atoms with Crippen molar-refractivity contribution < 1.29 is 4.79 Å². The molecule has 1 fully saturated rings. The standard InChI is InChI=1S/C17H12Cl2O.C5H11N/c18-15-7-1-13(2-8-15)5-11-17(20)12-6-14-3-9-16(19)10-4-14;1-6-4-2-3-5-6/h1-12H;2-5H2,1H3. The van der Waals surface area contributed by atoms with Gasteiger partial charge in [0, 0.05) is 10.0 Å². The second kappa shape index (κ2) is 11.0. The first-order valence-electron chi connectivity index (χ1n) is 8.63. The zero-order chi connectivity index (χ0) is 18.8. The molecule has 0 aliphatic carbocycles. The molecule has 0 amide bonds. The Labute approximate surface area is 165 Å². The van der Waals surface area contributed by atoms with Gasteiger partial charge in [0.1, 0.15) is 0 Å². The molecule has 0 saturated carbocycles. The second-order valence-electron chi connectivity index (χ2n) is 6.18. The fraction of sp³-hybridized carbons (Fsp3) is 0.227. The predicted octanol–water partition coefficient (Wildman–Crippen LogP) is 6.00. The normalized spacial score (nSPS) is 14.6. The number of carbonyl (C=O) groups excluding carboxylic acids is 1. The van der Waals surface area contributed by atoms with Crippen molar-refractivity contribution in [2.75, 3.05) is 20.1 Å². The maximum atomic E-state index is 11.7. The summed E-state index contributed by atoms with van der Waals surface area (Å²) in [6, 6.07) is 14.6. The van der Waals surface area contributed by atoms with Gasteiger partial charge in [0.15, 0.2) is 5.78 Å². The fourth-order valence-corrected chi connectivity index (χ4v) is 2.69. The molecule has 3 rings (SSSR count). The smallest absolute Gasteiger partial charge is 0.178 e. The summed E-state index contributed by atoms with van der Waals surface area (Å²) in [6.45, 7) is 2.64. The first-order valence-corrected chi connectivity index (χ1v) is 9.38. The zero-order valence-corrected chi connectivity index (χ0v) is 16.4. The molecule has 2 nitrogen and oxygen atoms in total. The number of nitrogens with zero attached hydrogens (tertiary/aromatic N) is 1. The van der Waals surface area contributed by atoms with Crippen LogP contribution >= 0.6 is 23.2 Å². The van der Waals surface area contributed by atoms with Crippen LogP contribution in [0.2, 0.25) is 10.0 Å². The summed E-state index contributed by atoms with van der Waals surface area (Å²) in [4.78, 5) is 14.1. The van der Waals surface area contributed by atoms with E-state index in [1.165, 1.54) is 38.1 Å². The number of rotatable bonds is 4. The van der Waals surface area contributed by atoms with E-state index in [2.05, 4.69) is 11.9 Å². The van der Waals surface area contributed by atoms with E-state index in [9.17, 15) is 4.79 Å². The lowest BCUT2D eigenvalue weighted by molar-refractivity contribution is -0.110. The van der Waals surface area contributed by atoms with Crippen molar-refractivity contribution in [3.05, 3.63) is 81.9 Å². The van der Waals surface area contributed by atoms with Crippen LogP contribution in [0.5, 0.6) is 0 Å². The molecule has 0 bridgehead atoms. The van der Waals surface area contributed by atoms with E-state index in [1.807, 2.05) is 24.3 Å². The van der Waals surface area contributed by atoms with E-state index in [0.717, 1.165) is 11.1 Å². The molecule has 4 heteroatoms. The molecule has 0 N–H and O–H groups in total. The van der Waals surface area contributed by atoms with E-state index in [4.69, 9.17) is 23.2 Å². The fourth-order valence-electron chi connectivity index (χ4n) is 2.44. The zero-order valence-electron chi connectivity index (χ0n) is 14.9. The summed E-state index contributed by atoms with van der Waals surface area (Å²) in [5.41, 5.74) is 1.87. The van der Waals surface area contributed by atoms with Crippen LogP contribution in [0.4, 0.5) is 0 Å². The summed E-state index contributed by atoms with van der Waals surface area (Å²) in [5.74, 6) is -0.0742. The number of hydrogen-bond donors (Lipinski definition) is 0. The SMILES string of the molecule is CN1CCCC1.O=C(C=Cc1ccc(Cl)cc1)C=Cc1ccc(Cl)cc1. The van der Waals surface area contributed by atoms with Crippen molar-refractivity contribution >= 4 is 41.1 Å². The van der Waals surface area contributed by atoms with Gasteiger partial charge in [-0.15, -0.1) is 0 Å². The Bertz CT molecular complexity index is 685. The van der Waals surface area contributed by atoms with Gasteiger partial charge in [-0.25, -0.2) is 0 Å². The average Bonchev–Trinajstić information content (AvgIpc) is 3.12. The minimum Gasteiger partial charge on any atom is -0.306 e. The van der Waals surface area contributed by atoms with Gasteiger partial charge < -0.3 is 4.90 Å². The minimum atomic E-state index is -0.0742. The molecule has 0 atom stereocenters. The molecule has 2 aromatic rings. The van der Waals surface area contributed by atoms with Crippen LogP contribution in [-0.4, -0.2) is 30.8 Å². The Morgan fingerprint density at radius 2 is 1.19 bits per heavy atom. The summed E-state index contributed by atoms with van der Waals surface area (Å²) in [6.07, 6.45) is 9.38. The molecule has 1 saturated heterocycles. The van der Waals surface area contributed by atoms with Gasteiger partial charge in [0.2, 0.25) is 0 Å². The summed E-state index contributed by atoms with van der Waals surface area (Å²) < 4.78 is 0. The number of likely N-dealkylation sites (tertiary alicyclic amines) is 1. The summed E-state index contributed by atoms with van der Waals surface area (Å²) in [7, 11) is 2.17. The highest BCUT2D eigenvalue weighted by atomic mass is 35.5. The van der Waals surface area contributed by atoms with Crippen molar-refractivity contribution in [1.29, 1.82) is 0 Å². The van der Waals surface area contributed by atoms with E-state index >= 15 is 0 Å². The summed E-state index contributed by atoms with van der Waals surface area (Å²) >= 11 is 11.6. The average molecular weight is 388 g/mol. The van der Waals surface area contributed by atoms with Gasteiger partial charge in [-0.1, -0.05) is 59.6 Å². The van der Waals surface area contributed by atoms with Gasteiger partial charge in [-0.2, -0.15) is 0 Å². The Kier molecular flexibility index (Phi) is 8.63. The van der Waals surface area contributed by atoms with Crippen LogP contribution in [0.1, 0.15) is 24.0 Å². The molecule has 1 heterocycles. The van der Waals surface area contributed by atoms with Crippen molar-refractivity contribution in [2.24, 2.45) is 0 Å². The maximum absolute atomic E-state index is 11.7. The highest BCUT2D eigenvalue weighted by Gasteiger charge is 2.03. The molecule has 2 aromatic carbocycles. The monoisotopic (exact) mass is 387 g/mol. The van der Waals surface area contributed by atoms with E-state index < -0.39 is 0 Å². The number of benzene rings is 2. The van der Waals surface area contributed by atoms with Crippen LogP contribution in [0.15, 0.2) is 60.7 Å². The third kappa shape index (κ3) is 8.01. The third-order valence-electron chi connectivity index (χ3n) is 3.95. The van der Waals surface area contributed by atoms with E-state index in [0.29, 0.717) is 10.0 Å². The third-order valence-corrected chi connectivity index (χ3v) is 4.45. The molecule has 0 spiro atoms. The molecule has 1 aliphatic heterocycles. The van der Waals surface area contributed by atoms with Crippen molar-refractivity contribution in [3.8, 4) is 0 Å². The number of carbonyl (C=O) groups is 1. The largest absolute Gasteiger partial charge is 0.306 e. The number of halogens is 2. The van der Waals surface area contributed by atoms with Gasteiger partial charge in [-0.3, -0.25) is 4.79 Å². The Balaban J connectivity index is 0.000000342. The van der Waals surface area contributed by atoms with Gasteiger partial charge in [0.05, 0.1) is 0 Å². The highest BCUT2D eigenvalue weighted by Crippen LogP contribution is 2.12. The van der Waals surface area contributed by atoms with Gasteiger partial charge in [-0.05, 0) is 80.5 Å². The first-order chi connectivity index (χ1) is 12.5. The number of allylic oxidation sites excluding steroid dienone is 2. The summed E-state index contributed by atoms with van der Waals surface area (Å²) in [5, 5.41) is 1.35. The van der Waals surface area contributed by atoms with Crippen molar-refractivity contribution in [3.63, 3.8) is 0 Å². The Morgan fingerprint density at radius 1 is 0.808 bits per heavy atom. The number of ketones is 1. The van der Waals surface area contributed by atoms with Crippen molar-refractivity contribution in [2.45, 2.75) is 12.8 Å². The highest BCUT2D eigenvalue weighted by molar-refractivity contribution is 6.30. The molecule has 26 heavy (non-hydrogen) atoms. The minimum absolute atomic E-state index is 0.0742. The van der Waals surface area contributed by atoms with Crippen LogP contribution in [-0.2, 0) is 4.79 Å². The second-order valence-corrected chi connectivity index (χ2v) is 7.06. The molecule has 0 aromatic heterocycles. The van der Waals surface area contributed by atoms with E-state index in [-0.39, 0.29) is 5.78 Å². The lowest BCUT2D eigenvalue weighted by Gasteiger charge is -2.01.